The van der Waals surface area contributed by atoms with Gasteiger partial charge in [-0.05, 0) is 77.8 Å². The molecule has 0 atom stereocenters. The maximum Gasteiger partial charge on any atom is 0.284 e. The quantitative estimate of drug-likeness (QED) is 0.458. The first kappa shape index (κ1) is 20.8. The van der Waals surface area contributed by atoms with Gasteiger partial charge in [0.15, 0.2) is 0 Å². The number of nitrogens with zero attached hydrogens (tertiary/aromatic N) is 6. The largest absolute Gasteiger partial charge is 0.372 e. The number of aryl methyl sites for hydroxylation is 1. The van der Waals surface area contributed by atoms with Gasteiger partial charge in [-0.3, -0.25) is 14.9 Å². The van der Waals surface area contributed by atoms with Crippen LogP contribution in [0.4, 0.5) is 17.1 Å². The van der Waals surface area contributed by atoms with Crippen molar-refractivity contribution in [2.24, 2.45) is 7.05 Å². The molecule has 2 heterocycles. The number of piperidine rings is 1. The third kappa shape index (κ3) is 4.82. The van der Waals surface area contributed by atoms with E-state index < -0.39 is 10.8 Å². The number of hydrogen-bond acceptors (Lipinski definition) is 8. The van der Waals surface area contributed by atoms with E-state index in [9.17, 15) is 14.9 Å². The first-order chi connectivity index (χ1) is 15.0. The lowest BCUT2D eigenvalue weighted by Gasteiger charge is -2.28. The molecule has 10 nitrogen and oxygen atoms in total. The third-order valence-electron chi connectivity index (χ3n) is 5.05. The molecular weight excluding hydrogens is 418 g/mol. The Bertz CT molecular complexity index is 1090. The van der Waals surface area contributed by atoms with Crippen LogP contribution in [0, 0.1) is 10.1 Å². The van der Waals surface area contributed by atoms with Crippen LogP contribution < -0.4 is 10.2 Å². The number of tetrazole rings is 1. The maximum atomic E-state index is 12.7. The Morgan fingerprint density at radius 3 is 2.52 bits per heavy atom. The van der Waals surface area contributed by atoms with Gasteiger partial charge in [0.05, 0.1) is 9.82 Å². The standard InChI is InChI=1S/C20H21N7O3S/c1-25-20(22-23-24-25)31-18-10-5-14(13-17(18)27(29)30)19(28)21-15-6-8-16(9-7-15)26-11-3-2-4-12-26/h5-10,13H,2-4,11-12H2,1H3,(H,21,28). The molecule has 1 aromatic heterocycles. The lowest BCUT2D eigenvalue weighted by molar-refractivity contribution is -0.387. The van der Waals surface area contributed by atoms with Crippen molar-refractivity contribution in [3.8, 4) is 0 Å². The summed E-state index contributed by atoms with van der Waals surface area (Å²) in [4.78, 5) is 26.4. The summed E-state index contributed by atoms with van der Waals surface area (Å²) in [5.41, 5.74) is 1.79. The number of nitro benzene ring substituents is 1. The highest BCUT2D eigenvalue weighted by Crippen LogP contribution is 2.34. The van der Waals surface area contributed by atoms with Gasteiger partial charge in [0, 0.05) is 43.1 Å². The van der Waals surface area contributed by atoms with Gasteiger partial charge < -0.3 is 10.2 Å². The molecule has 4 rings (SSSR count). The highest BCUT2D eigenvalue weighted by atomic mass is 32.2. The molecule has 1 aliphatic heterocycles. The number of amides is 1. The minimum atomic E-state index is -0.518. The summed E-state index contributed by atoms with van der Waals surface area (Å²) in [6, 6.07) is 12.0. The number of hydrogen-bond donors (Lipinski definition) is 1. The normalized spacial score (nSPS) is 13.8. The van der Waals surface area contributed by atoms with Crippen molar-refractivity contribution in [1.29, 1.82) is 0 Å². The van der Waals surface area contributed by atoms with Crippen LogP contribution in [0.3, 0.4) is 0 Å². The number of carbonyl (C=O) groups is 1. The third-order valence-corrected chi connectivity index (χ3v) is 6.14. The lowest BCUT2D eigenvalue weighted by Crippen LogP contribution is -2.29. The van der Waals surface area contributed by atoms with Crippen molar-refractivity contribution in [2.75, 3.05) is 23.3 Å². The Hall–Kier alpha value is -3.47. The molecule has 0 radical (unpaired) electrons. The summed E-state index contributed by atoms with van der Waals surface area (Å²) in [7, 11) is 1.65. The molecule has 1 N–H and O–H groups in total. The molecule has 1 aliphatic rings. The number of nitro groups is 1. The van der Waals surface area contributed by atoms with Gasteiger partial charge in [-0.1, -0.05) is 0 Å². The summed E-state index contributed by atoms with van der Waals surface area (Å²) >= 11 is 1.06. The van der Waals surface area contributed by atoms with Crippen molar-refractivity contribution in [1.82, 2.24) is 20.2 Å². The monoisotopic (exact) mass is 439 g/mol. The summed E-state index contributed by atoms with van der Waals surface area (Å²) in [6.07, 6.45) is 3.65. The number of aromatic nitrogens is 4. The highest BCUT2D eigenvalue weighted by Gasteiger charge is 2.20. The summed E-state index contributed by atoms with van der Waals surface area (Å²) < 4.78 is 1.42. The van der Waals surface area contributed by atoms with Gasteiger partial charge in [-0.25, -0.2) is 4.68 Å². The SMILES string of the molecule is Cn1nnnc1Sc1ccc(C(=O)Nc2ccc(N3CCCCC3)cc2)cc1[N+](=O)[O-]. The smallest absolute Gasteiger partial charge is 0.284 e. The van der Waals surface area contributed by atoms with E-state index in [2.05, 4.69) is 25.7 Å². The summed E-state index contributed by atoms with van der Waals surface area (Å²) in [6.45, 7) is 2.09. The first-order valence-electron chi connectivity index (χ1n) is 9.86. The molecule has 0 bridgehead atoms. The van der Waals surface area contributed by atoms with Crippen molar-refractivity contribution in [3.63, 3.8) is 0 Å². The molecule has 11 heteroatoms. The Morgan fingerprint density at radius 2 is 1.87 bits per heavy atom. The zero-order chi connectivity index (χ0) is 21.8. The van der Waals surface area contributed by atoms with Crippen molar-refractivity contribution in [3.05, 3.63) is 58.1 Å². The van der Waals surface area contributed by atoms with Gasteiger partial charge in [0.25, 0.3) is 11.6 Å². The van der Waals surface area contributed by atoms with Crippen LogP contribution >= 0.6 is 11.8 Å². The zero-order valence-electron chi connectivity index (χ0n) is 16.9. The van der Waals surface area contributed by atoms with Crippen LogP contribution in [0.2, 0.25) is 0 Å². The second-order valence-electron chi connectivity index (χ2n) is 7.18. The first-order valence-corrected chi connectivity index (χ1v) is 10.7. The molecule has 0 spiro atoms. The fourth-order valence-corrected chi connectivity index (χ4v) is 4.22. The Kier molecular flexibility index (Phi) is 6.12. The summed E-state index contributed by atoms with van der Waals surface area (Å²) in [5.74, 6) is -0.411. The maximum absolute atomic E-state index is 12.7. The van der Waals surface area contributed by atoms with Gasteiger partial charge in [0.1, 0.15) is 0 Å². The molecule has 1 saturated heterocycles. The predicted molar refractivity (Wildman–Crippen MR) is 116 cm³/mol. The van der Waals surface area contributed by atoms with E-state index in [1.54, 1.807) is 13.1 Å². The Balaban J connectivity index is 1.48. The van der Waals surface area contributed by atoms with Crippen LogP contribution in [0.5, 0.6) is 0 Å². The average Bonchev–Trinajstić information content (AvgIpc) is 3.19. The summed E-state index contributed by atoms with van der Waals surface area (Å²) in [5, 5.41) is 25.8. The van der Waals surface area contributed by atoms with Gasteiger partial charge in [-0.2, -0.15) is 0 Å². The molecule has 31 heavy (non-hydrogen) atoms. The molecule has 3 aromatic rings. The van der Waals surface area contributed by atoms with Crippen LogP contribution in [0.25, 0.3) is 0 Å². The lowest BCUT2D eigenvalue weighted by atomic mass is 10.1. The Morgan fingerprint density at radius 1 is 1.13 bits per heavy atom. The average molecular weight is 440 g/mol. The van der Waals surface area contributed by atoms with E-state index in [0.29, 0.717) is 15.7 Å². The minimum Gasteiger partial charge on any atom is -0.372 e. The number of nitrogens with one attached hydrogen (secondary N) is 1. The van der Waals surface area contributed by atoms with E-state index in [-0.39, 0.29) is 11.3 Å². The van der Waals surface area contributed by atoms with Crippen molar-refractivity contribution < 1.29 is 9.72 Å². The van der Waals surface area contributed by atoms with Crippen LogP contribution in [-0.2, 0) is 7.05 Å². The zero-order valence-corrected chi connectivity index (χ0v) is 17.7. The van der Waals surface area contributed by atoms with Crippen LogP contribution in [0.1, 0.15) is 29.6 Å². The number of carbonyl (C=O) groups excluding carboxylic acids is 1. The van der Waals surface area contributed by atoms with Crippen LogP contribution in [-0.4, -0.2) is 44.1 Å². The number of rotatable bonds is 6. The molecular formula is C20H21N7O3S. The fourth-order valence-electron chi connectivity index (χ4n) is 3.40. The predicted octanol–water partition coefficient (Wildman–Crippen LogP) is 3.51. The molecule has 0 aliphatic carbocycles. The molecule has 1 amide bonds. The molecule has 1 fully saturated rings. The Labute approximate surface area is 182 Å². The topological polar surface area (TPSA) is 119 Å². The highest BCUT2D eigenvalue weighted by molar-refractivity contribution is 7.99. The van der Waals surface area contributed by atoms with Crippen LogP contribution in [0.15, 0.2) is 52.5 Å². The second kappa shape index (κ2) is 9.13. The van der Waals surface area contributed by atoms with E-state index in [1.807, 2.05) is 24.3 Å². The van der Waals surface area contributed by atoms with Crippen molar-refractivity contribution >= 4 is 34.7 Å². The molecule has 2 aromatic carbocycles. The van der Waals surface area contributed by atoms with E-state index in [4.69, 9.17) is 0 Å². The van der Waals surface area contributed by atoms with Gasteiger partial charge in [0.2, 0.25) is 5.16 Å². The van der Waals surface area contributed by atoms with E-state index in [0.717, 1.165) is 30.5 Å². The van der Waals surface area contributed by atoms with Gasteiger partial charge >= 0.3 is 0 Å². The fraction of sp³-hybridized carbons (Fsp3) is 0.300. The van der Waals surface area contributed by atoms with Gasteiger partial charge in [-0.15, -0.1) is 5.10 Å². The number of anilines is 2. The molecule has 160 valence electrons. The second-order valence-corrected chi connectivity index (χ2v) is 8.18. The van der Waals surface area contributed by atoms with Crippen molar-refractivity contribution in [2.45, 2.75) is 29.3 Å². The minimum absolute atomic E-state index is 0.180. The van der Waals surface area contributed by atoms with E-state index in [1.165, 1.54) is 36.1 Å². The van der Waals surface area contributed by atoms with E-state index >= 15 is 0 Å². The molecule has 0 saturated carbocycles. The molecule has 0 unspecified atom stereocenters. The number of benzene rings is 2.